The number of fused-ring (bicyclic) bond motifs is 3. The topological polar surface area (TPSA) is 86.7 Å². The van der Waals surface area contributed by atoms with Gasteiger partial charge in [-0.2, -0.15) is 10.1 Å². The number of hydrogen-bond donors (Lipinski definition) is 0. The number of aromatic nitrogens is 4. The molecule has 0 unspecified atom stereocenters. The normalized spacial score (nSPS) is 13.7. The van der Waals surface area contributed by atoms with Crippen LogP contribution in [0.2, 0.25) is 0 Å². The summed E-state index contributed by atoms with van der Waals surface area (Å²) in [6.45, 7) is 0.372. The average molecular weight is 354 g/mol. The molecule has 0 bridgehead atoms. The van der Waals surface area contributed by atoms with Crippen molar-refractivity contribution >= 4 is 22.8 Å². The highest BCUT2D eigenvalue weighted by Crippen LogP contribution is 2.25. The molecule has 1 aliphatic rings. The Hall–Kier alpha value is -3.36. The van der Waals surface area contributed by atoms with Gasteiger partial charge in [0.15, 0.2) is 11.2 Å². The molecular weight excluding hydrogens is 336 g/mol. The van der Waals surface area contributed by atoms with Crippen LogP contribution in [0.3, 0.4) is 0 Å². The lowest BCUT2D eigenvalue weighted by Gasteiger charge is -2.23. The third kappa shape index (κ3) is 2.17. The van der Waals surface area contributed by atoms with Gasteiger partial charge in [0.25, 0.3) is 5.56 Å². The van der Waals surface area contributed by atoms with E-state index in [0.717, 1.165) is 21.6 Å². The molecule has 0 N–H and O–H groups in total. The molecule has 0 amide bonds. The smallest absolute Gasteiger partial charge is 0.332 e. The molecule has 0 radical (unpaired) electrons. The van der Waals surface area contributed by atoms with Crippen molar-refractivity contribution < 1.29 is 4.74 Å². The summed E-state index contributed by atoms with van der Waals surface area (Å²) in [7, 11) is 6.44. The zero-order valence-electron chi connectivity index (χ0n) is 14.9. The first-order valence-corrected chi connectivity index (χ1v) is 8.04. The summed E-state index contributed by atoms with van der Waals surface area (Å²) in [5.74, 6) is 1.25. The second kappa shape index (κ2) is 5.58. The summed E-state index contributed by atoms with van der Waals surface area (Å²) in [5.41, 5.74) is 1.62. The summed E-state index contributed by atoms with van der Waals surface area (Å²) >= 11 is 0. The summed E-state index contributed by atoms with van der Waals surface area (Å²) in [5, 5.41) is 6.20. The highest BCUT2D eigenvalue weighted by Gasteiger charge is 2.26. The number of imidazole rings is 1. The molecule has 3 heterocycles. The predicted molar refractivity (Wildman–Crippen MR) is 98.1 cm³/mol. The van der Waals surface area contributed by atoms with Crippen LogP contribution in [0.4, 0.5) is 5.95 Å². The van der Waals surface area contributed by atoms with Gasteiger partial charge in [-0.05, 0) is 12.1 Å². The Bertz CT molecular complexity index is 1180. The molecule has 9 nitrogen and oxygen atoms in total. The van der Waals surface area contributed by atoms with Crippen LogP contribution in [0.5, 0.6) is 5.75 Å². The first-order valence-electron chi connectivity index (χ1n) is 8.04. The maximum Gasteiger partial charge on any atom is 0.332 e. The fourth-order valence-electron chi connectivity index (χ4n) is 3.19. The van der Waals surface area contributed by atoms with Gasteiger partial charge in [-0.15, -0.1) is 0 Å². The van der Waals surface area contributed by atoms with E-state index in [1.165, 1.54) is 11.6 Å². The fraction of sp³-hybridized carbons (Fsp3) is 0.294. The van der Waals surface area contributed by atoms with Gasteiger partial charge in [-0.1, -0.05) is 12.1 Å². The Kier molecular flexibility index (Phi) is 3.46. The highest BCUT2D eigenvalue weighted by molar-refractivity contribution is 6.02. The van der Waals surface area contributed by atoms with Crippen LogP contribution < -0.4 is 21.0 Å². The molecule has 0 fully saturated rings. The van der Waals surface area contributed by atoms with E-state index in [9.17, 15) is 9.59 Å². The van der Waals surface area contributed by atoms with Gasteiger partial charge in [-0.3, -0.25) is 18.5 Å². The molecule has 0 atom stereocenters. The minimum atomic E-state index is -0.408. The molecule has 2 aromatic heterocycles. The van der Waals surface area contributed by atoms with Gasteiger partial charge < -0.3 is 4.74 Å². The molecule has 134 valence electrons. The molecule has 4 rings (SSSR count). The van der Waals surface area contributed by atoms with Crippen molar-refractivity contribution in [3.8, 4) is 5.75 Å². The maximum atomic E-state index is 12.7. The first-order chi connectivity index (χ1) is 12.4. The van der Waals surface area contributed by atoms with Crippen LogP contribution in [0.25, 0.3) is 11.2 Å². The zero-order chi connectivity index (χ0) is 18.6. The third-order valence-electron chi connectivity index (χ3n) is 4.60. The maximum absolute atomic E-state index is 12.7. The Labute approximate surface area is 148 Å². The molecule has 0 spiro atoms. The van der Waals surface area contributed by atoms with Crippen molar-refractivity contribution in [3.63, 3.8) is 0 Å². The van der Waals surface area contributed by atoms with Crippen molar-refractivity contribution in [2.45, 2.75) is 6.54 Å². The van der Waals surface area contributed by atoms with Crippen LogP contribution in [0.1, 0.15) is 5.56 Å². The van der Waals surface area contributed by atoms with E-state index < -0.39 is 5.69 Å². The Balaban J connectivity index is 1.93. The SMILES string of the molecule is COc1cccc(C2=NN(C)c3nc4c(c(=O)n(C)c(=O)n4C)n3C2)c1. The molecule has 0 aliphatic carbocycles. The number of hydrazone groups is 1. The number of nitrogens with zero attached hydrogens (tertiary/aromatic N) is 6. The van der Waals surface area contributed by atoms with Crippen LogP contribution in [-0.4, -0.2) is 38.6 Å². The quantitative estimate of drug-likeness (QED) is 0.660. The van der Waals surface area contributed by atoms with Crippen molar-refractivity contribution in [1.82, 2.24) is 18.7 Å². The number of hydrogen-bond acceptors (Lipinski definition) is 6. The third-order valence-corrected chi connectivity index (χ3v) is 4.60. The van der Waals surface area contributed by atoms with Gasteiger partial charge in [0.05, 0.1) is 19.4 Å². The molecule has 9 heteroatoms. The summed E-state index contributed by atoms with van der Waals surface area (Å²) in [6.07, 6.45) is 0. The van der Waals surface area contributed by atoms with Crippen LogP contribution >= 0.6 is 0 Å². The standard InChI is InChI=1S/C17H18N6O3/c1-20-14-13(15(24)21(2)17(20)25)23-9-12(19-22(3)16(23)18-14)10-6-5-7-11(8-10)26-4/h5-8H,9H2,1-4H3. The monoisotopic (exact) mass is 354 g/mol. The van der Waals surface area contributed by atoms with Gasteiger partial charge >= 0.3 is 5.69 Å². The van der Waals surface area contributed by atoms with Gasteiger partial charge in [0, 0.05) is 26.7 Å². The van der Waals surface area contributed by atoms with E-state index in [4.69, 9.17) is 4.74 Å². The molecule has 1 aliphatic heterocycles. The van der Waals surface area contributed by atoms with E-state index >= 15 is 0 Å². The first kappa shape index (κ1) is 16.1. The number of ether oxygens (including phenoxy) is 1. The van der Waals surface area contributed by atoms with Crippen molar-refractivity contribution in [3.05, 3.63) is 50.7 Å². The van der Waals surface area contributed by atoms with Gasteiger partial charge in [0.2, 0.25) is 5.95 Å². The van der Waals surface area contributed by atoms with Gasteiger partial charge in [-0.25, -0.2) is 9.80 Å². The van der Waals surface area contributed by atoms with Crippen molar-refractivity contribution in [2.24, 2.45) is 19.2 Å². The molecule has 0 saturated carbocycles. The van der Waals surface area contributed by atoms with Crippen molar-refractivity contribution in [1.29, 1.82) is 0 Å². The molecule has 3 aromatic rings. The van der Waals surface area contributed by atoms with Gasteiger partial charge in [0.1, 0.15) is 5.75 Å². The lowest BCUT2D eigenvalue weighted by atomic mass is 10.1. The average Bonchev–Trinajstić information content (AvgIpc) is 3.05. The summed E-state index contributed by atoms with van der Waals surface area (Å²) in [6, 6.07) is 7.58. The summed E-state index contributed by atoms with van der Waals surface area (Å²) < 4.78 is 9.54. The van der Waals surface area contributed by atoms with E-state index in [-0.39, 0.29) is 5.56 Å². The minimum absolute atomic E-state index is 0.349. The predicted octanol–water partition coefficient (Wildman–Crippen LogP) is 0.296. The Morgan fingerprint density at radius 3 is 2.62 bits per heavy atom. The molecular formula is C17H18N6O3. The van der Waals surface area contributed by atoms with Crippen molar-refractivity contribution in [2.75, 3.05) is 19.2 Å². The largest absolute Gasteiger partial charge is 0.497 e. The Morgan fingerprint density at radius 2 is 1.88 bits per heavy atom. The highest BCUT2D eigenvalue weighted by atomic mass is 16.5. The van der Waals surface area contributed by atoms with E-state index in [1.54, 1.807) is 30.8 Å². The zero-order valence-corrected chi connectivity index (χ0v) is 14.9. The van der Waals surface area contributed by atoms with Crippen LogP contribution in [0, 0.1) is 0 Å². The number of rotatable bonds is 2. The lowest BCUT2D eigenvalue weighted by molar-refractivity contribution is 0.414. The molecule has 0 saturated heterocycles. The number of aryl methyl sites for hydroxylation is 1. The van der Waals surface area contributed by atoms with E-state index in [0.29, 0.717) is 23.7 Å². The Morgan fingerprint density at radius 1 is 1.12 bits per heavy atom. The van der Waals surface area contributed by atoms with E-state index in [1.807, 2.05) is 24.3 Å². The molecule has 26 heavy (non-hydrogen) atoms. The lowest BCUT2D eigenvalue weighted by Crippen LogP contribution is -2.38. The minimum Gasteiger partial charge on any atom is -0.497 e. The number of anilines is 1. The fourth-order valence-corrected chi connectivity index (χ4v) is 3.19. The second-order valence-electron chi connectivity index (χ2n) is 6.18. The number of benzene rings is 1. The van der Waals surface area contributed by atoms with Crippen LogP contribution in [-0.2, 0) is 20.6 Å². The number of methoxy groups -OCH3 is 1. The summed E-state index contributed by atoms with van der Waals surface area (Å²) in [4.78, 5) is 29.3. The molecule has 1 aromatic carbocycles. The second-order valence-corrected chi connectivity index (χ2v) is 6.18. The van der Waals surface area contributed by atoms with E-state index in [2.05, 4.69) is 10.1 Å². The van der Waals surface area contributed by atoms with Crippen LogP contribution in [0.15, 0.2) is 39.0 Å².